The van der Waals surface area contributed by atoms with Crippen LogP contribution in [-0.2, 0) is 31.1 Å². The van der Waals surface area contributed by atoms with Crippen molar-refractivity contribution in [2.45, 2.75) is 52.4 Å². The normalized spacial score (nSPS) is 16.7. The van der Waals surface area contributed by atoms with Crippen LogP contribution in [0.1, 0.15) is 26.3 Å². The molecule has 3 aliphatic rings. The quantitative estimate of drug-likeness (QED) is 0.469. The Morgan fingerprint density at radius 2 is 1.38 bits per heavy atom. The molecule has 0 spiro atoms. The molecule has 0 N–H and O–H groups in total. The first-order valence-electron chi connectivity index (χ1n) is 11.3. The van der Waals surface area contributed by atoms with Gasteiger partial charge in [0.15, 0.2) is 0 Å². The van der Waals surface area contributed by atoms with Crippen molar-refractivity contribution in [3.8, 4) is 11.5 Å². The smallest absolute Gasteiger partial charge is 0.0312 e. The van der Waals surface area contributed by atoms with E-state index < -0.39 is 13.8 Å². The molecule has 0 bridgehead atoms. The van der Waals surface area contributed by atoms with Crippen molar-refractivity contribution in [2.75, 3.05) is 11.4 Å². The minimum Gasteiger partial charge on any atom is -0.0312 e. The number of fused-ring (bicyclic) bond motifs is 1. The predicted molar refractivity (Wildman–Crippen MR) is 137 cm³/mol. The maximum Gasteiger partial charge on any atom is -0.0312 e. The third-order valence-electron chi connectivity index (χ3n) is 4.49. The number of carbonyl (C=O) groups is 1. The number of carbonyl (C=O) groups excluding carboxylic acids is 1. The molecule has 1 amide bonds. The van der Waals surface area contributed by atoms with E-state index >= 15 is 0 Å². The van der Waals surface area contributed by atoms with Crippen LogP contribution in [0.25, 0.3) is 0 Å². The van der Waals surface area contributed by atoms with Crippen molar-refractivity contribution in [1.29, 1.82) is 0 Å². The molecule has 0 atom stereocenters. The van der Waals surface area contributed by atoms with Gasteiger partial charge in [0, 0.05) is 0 Å². The number of ether oxygens (including phenoxy) is 3. The molecule has 34 heavy (non-hydrogen) atoms. The van der Waals surface area contributed by atoms with E-state index in [4.69, 9.17) is 14.2 Å². The third-order valence-corrected chi connectivity index (χ3v) is 6.58. The SMILES string of the molecule is CC(C)(C)OC(=O)N(c1cc2c(cc1C[CH]=[Ti+2])OCO2)[Si](C)(C)C.[CH]1[CH][CH][CH][CH]1.[CH]1[CH][CH][CH][CH]1. The molecule has 0 aromatic heterocycles. The number of hydrogen-bond donors (Lipinski definition) is 0. The molecule has 1 aromatic rings. The van der Waals surface area contributed by atoms with Crippen molar-refractivity contribution in [2.24, 2.45) is 0 Å². The summed E-state index contributed by atoms with van der Waals surface area (Å²) in [5.74, 6) is 1.41. The largest absolute Gasteiger partial charge is 0.0312 e. The summed E-state index contributed by atoms with van der Waals surface area (Å²) in [6.45, 7) is 12.2. The zero-order valence-corrected chi connectivity index (χ0v) is 23.6. The average Bonchev–Trinajstić information content (AvgIpc) is 3.50. The van der Waals surface area contributed by atoms with Gasteiger partial charge in [0.05, 0.1) is 0 Å². The number of nitrogens with zero attached hydrogens (tertiary/aromatic N) is 1. The van der Waals surface area contributed by atoms with Crippen molar-refractivity contribution in [1.82, 2.24) is 0 Å². The van der Waals surface area contributed by atoms with Gasteiger partial charge >= 0.3 is 156 Å². The fourth-order valence-electron chi connectivity index (χ4n) is 3.14. The van der Waals surface area contributed by atoms with Crippen LogP contribution in [0.3, 0.4) is 0 Å². The molecular formula is C27H35NO4SiTi+2. The van der Waals surface area contributed by atoms with Gasteiger partial charge in [0.25, 0.3) is 0 Å². The van der Waals surface area contributed by atoms with Crippen LogP contribution in [-0.4, -0.2) is 31.0 Å². The van der Waals surface area contributed by atoms with E-state index in [0.717, 1.165) is 23.4 Å². The zero-order valence-electron chi connectivity index (χ0n) is 21.0. The van der Waals surface area contributed by atoms with Crippen molar-refractivity contribution >= 4 is 24.3 Å². The first-order chi connectivity index (χ1) is 16.0. The Hall–Kier alpha value is -1.11. The number of rotatable bonds is 4. The summed E-state index contributed by atoms with van der Waals surface area (Å²) >= 11 is 2.00. The standard InChI is InChI=1S/C17H25NO4Si.2C5H5.Ti/c1-8-12-9-14-15(21-11-20-14)10-13(12)18(23(5,6)7)16(19)22-17(2,3)4;2*1-2-4-5-3-1;/h1,9-10H,8,11H2,2-7H3;2*1-5H;/q;;;+2. The van der Waals surface area contributed by atoms with Crippen molar-refractivity contribution in [3.05, 3.63) is 81.9 Å². The summed E-state index contributed by atoms with van der Waals surface area (Å²) in [5, 5.41) is 0. The van der Waals surface area contributed by atoms with Crippen molar-refractivity contribution in [3.63, 3.8) is 0 Å². The van der Waals surface area contributed by atoms with Crippen LogP contribution in [0.5, 0.6) is 11.5 Å². The van der Waals surface area contributed by atoms with E-state index in [0.29, 0.717) is 5.75 Å². The Bertz CT molecular complexity index is 768. The Kier molecular flexibility index (Phi) is 11.9. The van der Waals surface area contributed by atoms with Gasteiger partial charge < -0.3 is 0 Å². The van der Waals surface area contributed by atoms with E-state index in [9.17, 15) is 4.79 Å². The Labute approximate surface area is 219 Å². The second-order valence-electron chi connectivity index (χ2n) is 9.65. The minimum atomic E-state index is -2.03. The number of benzene rings is 1. The van der Waals surface area contributed by atoms with E-state index in [1.807, 2.05) is 122 Å². The van der Waals surface area contributed by atoms with Crippen LogP contribution >= 0.6 is 0 Å². The van der Waals surface area contributed by atoms with Crippen LogP contribution in [0.4, 0.5) is 10.5 Å². The summed E-state index contributed by atoms with van der Waals surface area (Å²) in [7, 11) is -2.03. The second kappa shape index (κ2) is 13.8. The van der Waals surface area contributed by atoms with Gasteiger partial charge in [-0.1, -0.05) is 0 Å². The molecule has 1 aromatic carbocycles. The summed E-state index contributed by atoms with van der Waals surface area (Å²) in [6.07, 6.45) is 20.4. The molecule has 2 saturated carbocycles. The van der Waals surface area contributed by atoms with Crippen LogP contribution < -0.4 is 14.0 Å². The monoisotopic (exact) mass is 513 g/mol. The van der Waals surface area contributed by atoms with Crippen LogP contribution in [0.15, 0.2) is 12.1 Å². The predicted octanol–water partition coefficient (Wildman–Crippen LogP) is 5.93. The van der Waals surface area contributed by atoms with Crippen LogP contribution in [0, 0.1) is 64.2 Å². The van der Waals surface area contributed by atoms with E-state index in [1.165, 1.54) is 0 Å². The average molecular weight is 514 g/mol. The number of amides is 1. The summed E-state index contributed by atoms with van der Waals surface area (Å²) in [5.41, 5.74) is 1.35. The zero-order chi connectivity index (χ0) is 25.2. The van der Waals surface area contributed by atoms with Gasteiger partial charge in [-0.3, -0.25) is 0 Å². The molecule has 2 fully saturated rings. The van der Waals surface area contributed by atoms with Crippen molar-refractivity contribution < 1.29 is 39.0 Å². The molecular weight excluding hydrogens is 478 g/mol. The molecule has 5 nitrogen and oxygen atoms in total. The van der Waals surface area contributed by atoms with Gasteiger partial charge in [0.1, 0.15) is 0 Å². The van der Waals surface area contributed by atoms with Gasteiger partial charge in [-0.2, -0.15) is 0 Å². The molecule has 10 radical (unpaired) electrons. The molecule has 4 rings (SSSR count). The van der Waals surface area contributed by atoms with Crippen LogP contribution in [0.2, 0.25) is 19.6 Å². The Morgan fingerprint density at radius 3 is 1.76 bits per heavy atom. The number of hydrogen-bond acceptors (Lipinski definition) is 4. The fourth-order valence-corrected chi connectivity index (χ4v) is 5.01. The third kappa shape index (κ3) is 9.87. The molecule has 7 heteroatoms. The first-order valence-corrected chi connectivity index (χ1v) is 15.7. The molecule has 1 aliphatic heterocycles. The topological polar surface area (TPSA) is 48.0 Å². The maximum atomic E-state index is 12.9. The summed E-state index contributed by atoms with van der Waals surface area (Å²) in [6, 6.07) is 3.87. The second-order valence-corrected chi connectivity index (χ2v) is 15.1. The maximum absolute atomic E-state index is 12.9. The van der Waals surface area contributed by atoms with Gasteiger partial charge in [0.2, 0.25) is 0 Å². The first kappa shape index (κ1) is 29.1. The van der Waals surface area contributed by atoms with Gasteiger partial charge in [-0.25, -0.2) is 0 Å². The summed E-state index contributed by atoms with van der Waals surface area (Å²) < 4.78 is 20.6. The van der Waals surface area contributed by atoms with Gasteiger partial charge in [-0.05, 0) is 64.2 Å². The van der Waals surface area contributed by atoms with E-state index in [1.54, 1.807) is 0 Å². The molecule has 0 unspecified atom stereocenters. The molecule has 1 heterocycles. The van der Waals surface area contributed by atoms with E-state index in [2.05, 4.69) is 24.0 Å². The van der Waals surface area contributed by atoms with Gasteiger partial charge in [-0.15, -0.1) is 0 Å². The number of anilines is 1. The summed E-state index contributed by atoms with van der Waals surface area (Å²) in [4.78, 5) is 12.9. The Morgan fingerprint density at radius 1 is 0.941 bits per heavy atom. The molecule has 0 saturated heterocycles. The minimum absolute atomic E-state index is 0.216. The van der Waals surface area contributed by atoms with E-state index in [-0.39, 0.29) is 12.9 Å². The molecule has 178 valence electrons. The molecule has 2 aliphatic carbocycles. The Balaban J connectivity index is 0.000000332. The fraction of sp³-hybridized carbons (Fsp3) is 0.333.